The van der Waals surface area contributed by atoms with Gasteiger partial charge in [0, 0.05) is 5.69 Å². The summed E-state index contributed by atoms with van der Waals surface area (Å²) in [6, 6.07) is 13.1. The number of rotatable bonds is 3. The Morgan fingerprint density at radius 2 is 1.79 bits per heavy atom. The van der Waals surface area contributed by atoms with Crippen LogP contribution in [0.1, 0.15) is 24.5 Å². The molecule has 0 saturated carbocycles. The highest BCUT2D eigenvalue weighted by atomic mass is 19.4. The molecule has 0 unspecified atom stereocenters. The topological polar surface area (TPSA) is 49.3 Å². The van der Waals surface area contributed by atoms with Crippen molar-refractivity contribution >= 4 is 11.6 Å². The molecule has 126 valence electrons. The van der Waals surface area contributed by atoms with E-state index in [-0.39, 0.29) is 0 Å². The predicted octanol–water partition coefficient (Wildman–Crippen LogP) is 3.90. The number of anilines is 1. The summed E-state index contributed by atoms with van der Waals surface area (Å²) in [6.07, 6.45) is -5.12. The number of amides is 1. The highest BCUT2D eigenvalue weighted by Gasteiger charge is 2.50. The number of alkyl halides is 3. The largest absolute Gasteiger partial charge is 0.417 e. The second-order valence-corrected chi connectivity index (χ2v) is 6.20. The summed E-state index contributed by atoms with van der Waals surface area (Å²) < 4.78 is 37.9. The monoisotopic (exact) mass is 335 g/mol. The summed E-state index contributed by atoms with van der Waals surface area (Å²) in [6.45, 7) is 0.589. The zero-order valence-electron chi connectivity index (χ0n) is 12.9. The van der Waals surface area contributed by atoms with Crippen molar-refractivity contribution in [2.75, 3.05) is 5.32 Å². The zero-order chi connectivity index (χ0) is 17.5. The predicted molar refractivity (Wildman–Crippen MR) is 84.6 cm³/mol. The Balaban J connectivity index is 1.78. The number of halogens is 3. The maximum Gasteiger partial charge on any atom is 0.417 e. The number of nitrogens with one attached hydrogen (secondary N) is 1. The van der Waals surface area contributed by atoms with E-state index in [1.54, 1.807) is 12.1 Å². The number of benzene rings is 2. The summed E-state index contributed by atoms with van der Waals surface area (Å²) >= 11 is 0. The minimum absolute atomic E-state index is 0.411. The van der Waals surface area contributed by atoms with Gasteiger partial charge in [0.05, 0.1) is 6.42 Å². The molecule has 0 bridgehead atoms. The number of fused-ring (bicyclic) bond motifs is 3. The first-order valence-corrected chi connectivity index (χ1v) is 7.47. The standard InChI is InChI=1S/C18H16F3NO2/c1-17(24,18(19,20)21)10-16(23)22-13-7-6-12-8-11-4-2-3-5-14(11)15(12)9-13/h2-7,9,24H,8,10H2,1H3,(H,22,23)/t17-/m1/s1. The van der Waals surface area contributed by atoms with Crippen LogP contribution in [0.5, 0.6) is 0 Å². The van der Waals surface area contributed by atoms with E-state index < -0.39 is 24.1 Å². The molecule has 0 aromatic heterocycles. The molecule has 0 spiro atoms. The number of carbonyl (C=O) groups excluding carboxylic acids is 1. The van der Waals surface area contributed by atoms with Gasteiger partial charge >= 0.3 is 6.18 Å². The lowest BCUT2D eigenvalue weighted by Crippen LogP contribution is -2.44. The summed E-state index contributed by atoms with van der Waals surface area (Å²) in [5, 5.41) is 11.8. The highest BCUT2D eigenvalue weighted by molar-refractivity contribution is 5.93. The average molecular weight is 335 g/mol. The van der Waals surface area contributed by atoms with Crippen LogP contribution in [0.15, 0.2) is 42.5 Å². The van der Waals surface area contributed by atoms with Crippen LogP contribution < -0.4 is 5.32 Å². The summed E-state index contributed by atoms with van der Waals surface area (Å²) in [7, 11) is 0. The van der Waals surface area contributed by atoms with E-state index in [0.29, 0.717) is 12.6 Å². The van der Waals surface area contributed by atoms with Crippen molar-refractivity contribution in [1.29, 1.82) is 0 Å². The second kappa shape index (κ2) is 5.63. The van der Waals surface area contributed by atoms with Gasteiger partial charge in [-0.25, -0.2) is 0 Å². The molecule has 0 aliphatic heterocycles. The van der Waals surface area contributed by atoms with E-state index in [9.17, 15) is 23.1 Å². The Labute approximate surface area is 137 Å². The van der Waals surface area contributed by atoms with Crippen LogP contribution in [0.3, 0.4) is 0 Å². The van der Waals surface area contributed by atoms with Crippen LogP contribution in [0, 0.1) is 0 Å². The molecule has 0 fully saturated rings. The Bertz CT molecular complexity index is 797. The third-order valence-corrected chi connectivity index (χ3v) is 4.20. The van der Waals surface area contributed by atoms with Gasteiger partial charge in [-0.05, 0) is 47.7 Å². The third-order valence-electron chi connectivity index (χ3n) is 4.20. The second-order valence-electron chi connectivity index (χ2n) is 6.20. The van der Waals surface area contributed by atoms with Crippen LogP contribution in [-0.4, -0.2) is 22.8 Å². The van der Waals surface area contributed by atoms with E-state index in [1.807, 2.05) is 30.3 Å². The number of hydrogen-bond donors (Lipinski definition) is 2. The molecule has 1 atom stereocenters. The molecule has 0 radical (unpaired) electrons. The Morgan fingerprint density at radius 3 is 2.50 bits per heavy atom. The molecule has 1 amide bonds. The lowest BCUT2D eigenvalue weighted by atomic mass is 10.0. The maximum absolute atomic E-state index is 12.6. The molecule has 0 heterocycles. The Morgan fingerprint density at radius 1 is 1.12 bits per heavy atom. The SMILES string of the molecule is C[C@@](O)(CC(=O)Nc1ccc2c(c1)-c1ccccc1C2)C(F)(F)F. The first-order chi connectivity index (χ1) is 11.2. The normalized spacial score (nSPS) is 15.4. The first kappa shape index (κ1) is 16.5. The molecule has 0 saturated heterocycles. The Kier molecular flexibility index (Phi) is 3.87. The third kappa shape index (κ3) is 3.01. The van der Waals surface area contributed by atoms with E-state index in [2.05, 4.69) is 5.32 Å². The minimum atomic E-state index is -4.86. The van der Waals surface area contributed by atoms with Crippen molar-refractivity contribution in [3.05, 3.63) is 53.6 Å². The molecular weight excluding hydrogens is 319 g/mol. The highest BCUT2D eigenvalue weighted by Crippen LogP contribution is 2.38. The molecule has 1 aliphatic carbocycles. The lowest BCUT2D eigenvalue weighted by molar-refractivity contribution is -0.252. The van der Waals surface area contributed by atoms with Crippen molar-refractivity contribution < 1.29 is 23.1 Å². The average Bonchev–Trinajstić information content (AvgIpc) is 2.83. The molecule has 2 aromatic carbocycles. The number of hydrogen-bond acceptors (Lipinski definition) is 2. The van der Waals surface area contributed by atoms with Crippen molar-refractivity contribution in [3.8, 4) is 11.1 Å². The van der Waals surface area contributed by atoms with Crippen molar-refractivity contribution in [1.82, 2.24) is 0 Å². The molecule has 3 rings (SSSR count). The van der Waals surface area contributed by atoms with E-state index in [1.165, 1.54) is 5.56 Å². The van der Waals surface area contributed by atoms with Crippen LogP contribution in [0.25, 0.3) is 11.1 Å². The van der Waals surface area contributed by atoms with Gasteiger partial charge in [-0.2, -0.15) is 13.2 Å². The molecule has 1 aliphatic rings. The Hall–Kier alpha value is -2.34. The fraction of sp³-hybridized carbons (Fsp3) is 0.278. The quantitative estimate of drug-likeness (QED) is 0.763. The van der Waals surface area contributed by atoms with Crippen molar-refractivity contribution in [2.45, 2.75) is 31.5 Å². The zero-order valence-corrected chi connectivity index (χ0v) is 12.9. The maximum atomic E-state index is 12.6. The van der Waals surface area contributed by atoms with Gasteiger partial charge in [-0.1, -0.05) is 30.3 Å². The van der Waals surface area contributed by atoms with Gasteiger partial charge in [-0.3, -0.25) is 4.79 Å². The summed E-state index contributed by atoms with van der Waals surface area (Å²) in [5.41, 5.74) is 1.67. The van der Waals surface area contributed by atoms with Crippen LogP contribution in [0.2, 0.25) is 0 Å². The van der Waals surface area contributed by atoms with Gasteiger partial charge in [-0.15, -0.1) is 0 Å². The molecule has 2 N–H and O–H groups in total. The van der Waals surface area contributed by atoms with E-state index in [0.717, 1.165) is 23.1 Å². The molecular formula is C18H16F3NO2. The van der Waals surface area contributed by atoms with Gasteiger partial charge in [0.25, 0.3) is 0 Å². The fourth-order valence-electron chi connectivity index (χ4n) is 2.82. The van der Waals surface area contributed by atoms with Gasteiger partial charge < -0.3 is 10.4 Å². The van der Waals surface area contributed by atoms with Crippen molar-refractivity contribution in [2.24, 2.45) is 0 Å². The van der Waals surface area contributed by atoms with Gasteiger partial charge in [0.2, 0.25) is 5.91 Å². The summed E-state index contributed by atoms with van der Waals surface area (Å²) in [5.74, 6) is -0.886. The van der Waals surface area contributed by atoms with E-state index in [4.69, 9.17) is 0 Å². The van der Waals surface area contributed by atoms with Gasteiger partial charge in [0.15, 0.2) is 5.60 Å². The fourth-order valence-corrected chi connectivity index (χ4v) is 2.82. The van der Waals surface area contributed by atoms with Crippen LogP contribution in [-0.2, 0) is 11.2 Å². The summed E-state index contributed by atoms with van der Waals surface area (Å²) in [4.78, 5) is 11.8. The molecule has 24 heavy (non-hydrogen) atoms. The molecule has 6 heteroatoms. The lowest BCUT2D eigenvalue weighted by Gasteiger charge is -2.25. The van der Waals surface area contributed by atoms with E-state index >= 15 is 0 Å². The van der Waals surface area contributed by atoms with Crippen molar-refractivity contribution in [3.63, 3.8) is 0 Å². The smallest absolute Gasteiger partial charge is 0.380 e. The molecule has 3 nitrogen and oxygen atoms in total. The number of aliphatic hydroxyl groups is 1. The van der Waals surface area contributed by atoms with Crippen LogP contribution >= 0.6 is 0 Å². The minimum Gasteiger partial charge on any atom is -0.380 e. The van der Waals surface area contributed by atoms with Gasteiger partial charge in [0.1, 0.15) is 0 Å². The van der Waals surface area contributed by atoms with Crippen LogP contribution in [0.4, 0.5) is 18.9 Å². The molecule has 2 aromatic rings. The number of carbonyl (C=O) groups is 1. The first-order valence-electron chi connectivity index (χ1n) is 7.47.